The number of fused-ring (bicyclic) bond motifs is 1. The highest BCUT2D eigenvalue weighted by molar-refractivity contribution is 6.01. The first-order valence-electron chi connectivity index (χ1n) is 7.94. The number of nitrogens with one attached hydrogen (secondary N) is 1. The number of hydrogen-bond acceptors (Lipinski definition) is 4. The van der Waals surface area contributed by atoms with Crippen molar-refractivity contribution in [1.29, 1.82) is 0 Å². The Morgan fingerprint density at radius 2 is 2.04 bits per heavy atom. The number of benzene rings is 1. The molecular formula is C17H20N4O4. The number of nitrogens with two attached hydrogens (primary N) is 1. The zero-order valence-corrected chi connectivity index (χ0v) is 14.1. The minimum Gasteiger partial charge on any atom is -0.496 e. The van der Waals surface area contributed by atoms with Crippen molar-refractivity contribution >= 4 is 28.6 Å². The highest BCUT2D eigenvalue weighted by Gasteiger charge is 2.36. The van der Waals surface area contributed by atoms with E-state index in [0.717, 1.165) is 10.9 Å². The van der Waals surface area contributed by atoms with E-state index in [1.807, 2.05) is 18.2 Å². The van der Waals surface area contributed by atoms with E-state index in [4.69, 9.17) is 10.5 Å². The summed E-state index contributed by atoms with van der Waals surface area (Å²) in [6.45, 7) is 2.16. The van der Waals surface area contributed by atoms with E-state index in [1.165, 1.54) is 16.7 Å². The van der Waals surface area contributed by atoms with E-state index in [1.54, 1.807) is 13.2 Å². The molecule has 3 amide bonds. The molecule has 1 aliphatic heterocycles. The highest BCUT2D eigenvalue weighted by Crippen LogP contribution is 2.27. The van der Waals surface area contributed by atoms with Crippen LogP contribution in [0.2, 0.25) is 0 Å². The Morgan fingerprint density at radius 3 is 2.68 bits per heavy atom. The Labute approximate surface area is 144 Å². The maximum atomic E-state index is 12.9. The molecule has 1 aromatic carbocycles. The average Bonchev–Trinajstić information content (AvgIpc) is 3.04. The number of piperazine rings is 1. The van der Waals surface area contributed by atoms with Crippen molar-refractivity contribution in [3.8, 4) is 5.75 Å². The number of rotatable bonds is 3. The Bertz CT molecular complexity index is 844. The van der Waals surface area contributed by atoms with E-state index < -0.39 is 11.9 Å². The van der Waals surface area contributed by atoms with Crippen LogP contribution in [0.4, 0.5) is 0 Å². The van der Waals surface area contributed by atoms with Crippen molar-refractivity contribution in [1.82, 2.24) is 14.8 Å². The van der Waals surface area contributed by atoms with Crippen LogP contribution in [0.3, 0.4) is 0 Å². The van der Waals surface area contributed by atoms with Crippen molar-refractivity contribution in [3.05, 3.63) is 30.0 Å². The SMILES string of the molecule is COc1cccc2[nH]c(C(=O)N3CCN(C(C)=O)CC3C(N)=O)cc12. The second-order valence-corrected chi connectivity index (χ2v) is 5.99. The summed E-state index contributed by atoms with van der Waals surface area (Å²) in [4.78, 5) is 42.3. The molecular weight excluding hydrogens is 324 g/mol. The molecule has 1 saturated heterocycles. The molecule has 8 heteroatoms. The van der Waals surface area contributed by atoms with Gasteiger partial charge in [0.15, 0.2) is 0 Å². The first-order valence-corrected chi connectivity index (χ1v) is 7.94. The number of carbonyl (C=O) groups excluding carboxylic acids is 3. The fourth-order valence-corrected chi connectivity index (χ4v) is 3.13. The van der Waals surface area contributed by atoms with Crippen LogP contribution in [0, 0.1) is 0 Å². The quantitative estimate of drug-likeness (QED) is 0.836. The lowest BCUT2D eigenvalue weighted by molar-refractivity contribution is -0.134. The molecule has 0 aliphatic carbocycles. The topological polar surface area (TPSA) is 109 Å². The van der Waals surface area contributed by atoms with Gasteiger partial charge in [0.2, 0.25) is 11.8 Å². The number of primary amides is 1. The number of methoxy groups -OCH3 is 1. The number of ether oxygens (including phenoxy) is 1. The van der Waals surface area contributed by atoms with Crippen molar-refractivity contribution in [2.45, 2.75) is 13.0 Å². The maximum Gasteiger partial charge on any atom is 0.271 e. The van der Waals surface area contributed by atoms with E-state index in [2.05, 4.69) is 4.98 Å². The molecule has 0 bridgehead atoms. The fraction of sp³-hybridized carbons (Fsp3) is 0.353. The zero-order valence-electron chi connectivity index (χ0n) is 14.1. The third kappa shape index (κ3) is 3.02. The molecule has 1 aliphatic rings. The second-order valence-electron chi connectivity index (χ2n) is 5.99. The van der Waals surface area contributed by atoms with Gasteiger partial charge in [-0.25, -0.2) is 0 Å². The summed E-state index contributed by atoms with van der Waals surface area (Å²) < 4.78 is 5.30. The minimum absolute atomic E-state index is 0.111. The third-order valence-electron chi connectivity index (χ3n) is 4.49. The predicted octanol–water partition coefficient (Wildman–Crippen LogP) is 0.335. The van der Waals surface area contributed by atoms with E-state index in [-0.39, 0.29) is 24.9 Å². The molecule has 0 spiro atoms. The largest absolute Gasteiger partial charge is 0.496 e. The molecule has 1 aromatic heterocycles. The maximum absolute atomic E-state index is 12.9. The molecule has 3 N–H and O–H groups in total. The van der Waals surface area contributed by atoms with Crippen LogP contribution in [0.25, 0.3) is 10.9 Å². The lowest BCUT2D eigenvalue weighted by Crippen LogP contribution is -2.60. The number of H-pyrrole nitrogens is 1. The van der Waals surface area contributed by atoms with Gasteiger partial charge in [-0.05, 0) is 18.2 Å². The summed E-state index contributed by atoms with van der Waals surface area (Å²) in [5, 5.41) is 0.784. The predicted molar refractivity (Wildman–Crippen MR) is 91.1 cm³/mol. The normalized spacial score (nSPS) is 17.6. The lowest BCUT2D eigenvalue weighted by atomic mass is 10.1. The van der Waals surface area contributed by atoms with Crippen molar-refractivity contribution in [2.24, 2.45) is 5.73 Å². The van der Waals surface area contributed by atoms with Gasteiger partial charge < -0.3 is 25.3 Å². The van der Waals surface area contributed by atoms with Gasteiger partial charge in [-0.2, -0.15) is 0 Å². The zero-order chi connectivity index (χ0) is 18.1. The third-order valence-corrected chi connectivity index (χ3v) is 4.49. The number of aromatic amines is 1. The number of carbonyl (C=O) groups is 3. The van der Waals surface area contributed by atoms with Crippen LogP contribution in [0.15, 0.2) is 24.3 Å². The van der Waals surface area contributed by atoms with Gasteiger partial charge in [0, 0.05) is 30.9 Å². The van der Waals surface area contributed by atoms with Crippen LogP contribution in [-0.2, 0) is 9.59 Å². The highest BCUT2D eigenvalue weighted by atomic mass is 16.5. The summed E-state index contributed by atoms with van der Waals surface area (Å²) in [5.41, 5.74) is 6.57. The smallest absolute Gasteiger partial charge is 0.271 e. The number of amides is 3. The molecule has 2 heterocycles. The summed E-state index contributed by atoms with van der Waals surface area (Å²) in [6, 6.07) is 6.32. The first kappa shape index (κ1) is 16.8. The van der Waals surface area contributed by atoms with Gasteiger partial charge in [-0.1, -0.05) is 6.07 Å². The minimum atomic E-state index is -0.849. The molecule has 2 aromatic rings. The van der Waals surface area contributed by atoms with Crippen molar-refractivity contribution in [3.63, 3.8) is 0 Å². The van der Waals surface area contributed by atoms with E-state index >= 15 is 0 Å². The molecule has 3 rings (SSSR count). The molecule has 0 radical (unpaired) electrons. The van der Waals surface area contributed by atoms with Gasteiger partial charge in [-0.3, -0.25) is 14.4 Å². The Balaban J connectivity index is 1.91. The molecule has 1 atom stereocenters. The summed E-state index contributed by atoms with van der Waals surface area (Å²) in [5.74, 6) is -0.451. The van der Waals surface area contributed by atoms with Gasteiger partial charge >= 0.3 is 0 Å². The van der Waals surface area contributed by atoms with Crippen LogP contribution < -0.4 is 10.5 Å². The van der Waals surface area contributed by atoms with Crippen LogP contribution in [0.5, 0.6) is 5.75 Å². The molecule has 0 saturated carbocycles. The fourth-order valence-electron chi connectivity index (χ4n) is 3.13. The van der Waals surface area contributed by atoms with Gasteiger partial charge in [-0.15, -0.1) is 0 Å². The lowest BCUT2D eigenvalue weighted by Gasteiger charge is -2.39. The first-order chi connectivity index (χ1) is 11.9. The number of aromatic nitrogens is 1. The standard InChI is InChI=1S/C17H20N4O4/c1-10(22)20-6-7-21(14(9-20)16(18)23)17(24)13-8-11-12(19-13)4-3-5-15(11)25-2/h3-5,8,14,19H,6-7,9H2,1-2H3,(H2,18,23). The molecule has 1 fully saturated rings. The molecule has 132 valence electrons. The van der Waals surface area contributed by atoms with Crippen LogP contribution >= 0.6 is 0 Å². The Hall–Kier alpha value is -3.03. The summed E-state index contributed by atoms with van der Waals surface area (Å²) >= 11 is 0. The summed E-state index contributed by atoms with van der Waals surface area (Å²) in [6.07, 6.45) is 0. The van der Waals surface area contributed by atoms with E-state index in [0.29, 0.717) is 18.0 Å². The van der Waals surface area contributed by atoms with Crippen LogP contribution in [-0.4, -0.2) is 65.3 Å². The van der Waals surface area contributed by atoms with Gasteiger partial charge in [0.25, 0.3) is 5.91 Å². The number of hydrogen-bond donors (Lipinski definition) is 2. The number of nitrogens with zero attached hydrogens (tertiary/aromatic N) is 2. The van der Waals surface area contributed by atoms with Gasteiger partial charge in [0.05, 0.1) is 13.7 Å². The summed E-state index contributed by atoms with van der Waals surface area (Å²) in [7, 11) is 1.56. The second kappa shape index (κ2) is 6.46. The molecule has 25 heavy (non-hydrogen) atoms. The molecule has 1 unspecified atom stereocenters. The Kier molecular flexibility index (Phi) is 4.35. The van der Waals surface area contributed by atoms with Crippen LogP contribution in [0.1, 0.15) is 17.4 Å². The monoisotopic (exact) mass is 344 g/mol. The van der Waals surface area contributed by atoms with Gasteiger partial charge in [0.1, 0.15) is 17.5 Å². The molecule has 8 nitrogen and oxygen atoms in total. The van der Waals surface area contributed by atoms with Crippen molar-refractivity contribution < 1.29 is 19.1 Å². The Morgan fingerprint density at radius 1 is 1.28 bits per heavy atom. The average molecular weight is 344 g/mol. The van der Waals surface area contributed by atoms with Crippen molar-refractivity contribution in [2.75, 3.05) is 26.7 Å². The van der Waals surface area contributed by atoms with E-state index in [9.17, 15) is 14.4 Å².